The van der Waals surface area contributed by atoms with Crippen LogP contribution < -0.4 is 15.9 Å². The highest BCUT2D eigenvalue weighted by molar-refractivity contribution is 5.26. The quantitative estimate of drug-likeness (QED) is 0.808. The summed E-state index contributed by atoms with van der Waals surface area (Å²) in [5.74, 6) is 0.840. The molecule has 0 unspecified atom stereocenters. The smallest absolute Gasteiger partial charge is 0.166 e. The van der Waals surface area contributed by atoms with E-state index in [0.29, 0.717) is 12.3 Å². The van der Waals surface area contributed by atoms with Crippen molar-refractivity contribution in [2.75, 3.05) is 14.2 Å². The molecule has 0 bridgehead atoms. The summed E-state index contributed by atoms with van der Waals surface area (Å²) in [6.45, 7) is 0.504. The summed E-state index contributed by atoms with van der Waals surface area (Å²) in [5, 5.41) is 1.79. The molecule has 0 amide bonds. The van der Waals surface area contributed by atoms with Gasteiger partial charge in [-0.2, -0.15) is 0 Å². The Morgan fingerprint density at radius 1 is 1.35 bits per heavy atom. The number of nitrogens with one attached hydrogen (secondary N) is 1. The lowest BCUT2D eigenvalue weighted by Gasteiger charge is -2.16. The number of ether oxygens (including phenoxy) is 2. The number of hydrogen-bond acceptors (Lipinski definition) is 5. The molecular formula is C12H17N3O2. The molecule has 0 saturated carbocycles. The lowest BCUT2D eigenvalue weighted by Crippen LogP contribution is -2.36. The first-order valence-corrected chi connectivity index (χ1v) is 5.40. The van der Waals surface area contributed by atoms with Crippen molar-refractivity contribution in [3.8, 4) is 5.75 Å². The number of hydrazine groups is 1. The first-order chi connectivity index (χ1) is 8.19. The Hall–Kier alpha value is -1.72. The van der Waals surface area contributed by atoms with Gasteiger partial charge in [-0.1, -0.05) is 12.1 Å². The van der Waals surface area contributed by atoms with Crippen molar-refractivity contribution in [1.82, 2.24) is 10.4 Å². The topological polar surface area (TPSA) is 59.8 Å². The lowest BCUT2D eigenvalue weighted by atomic mass is 10.2. The molecule has 1 aromatic rings. The number of hydrogen-bond donors (Lipinski definition) is 2. The van der Waals surface area contributed by atoms with Gasteiger partial charge in [-0.25, -0.2) is 5.43 Å². The van der Waals surface area contributed by atoms with Crippen LogP contribution in [0.1, 0.15) is 5.56 Å². The molecule has 0 aliphatic carbocycles. The van der Waals surface area contributed by atoms with E-state index in [1.807, 2.05) is 31.3 Å². The molecule has 5 nitrogen and oxygen atoms in total. The largest absolute Gasteiger partial charge is 0.497 e. The third-order valence-corrected chi connectivity index (χ3v) is 2.54. The van der Waals surface area contributed by atoms with E-state index < -0.39 is 0 Å². The summed E-state index contributed by atoms with van der Waals surface area (Å²) >= 11 is 0. The molecule has 1 aromatic carbocycles. The molecule has 0 spiro atoms. The number of methoxy groups -OCH3 is 1. The first-order valence-electron chi connectivity index (χ1n) is 5.40. The number of nitrogens with two attached hydrogens (primary N) is 1. The van der Waals surface area contributed by atoms with Gasteiger partial charge in [0.25, 0.3) is 0 Å². The molecule has 92 valence electrons. The second kappa shape index (κ2) is 5.07. The summed E-state index contributed by atoms with van der Waals surface area (Å²) in [4.78, 5) is 0. The van der Waals surface area contributed by atoms with E-state index in [1.165, 1.54) is 0 Å². The molecule has 5 heteroatoms. The molecule has 17 heavy (non-hydrogen) atoms. The Labute approximate surface area is 101 Å². The summed E-state index contributed by atoms with van der Waals surface area (Å²) in [5.41, 5.74) is 10.6. The highest BCUT2D eigenvalue weighted by Crippen LogP contribution is 2.14. The van der Waals surface area contributed by atoms with Crippen molar-refractivity contribution in [3.63, 3.8) is 0 Å². The van der Waals surface area contributed by atoms with E-state index in [1.54, 1.807) is 18.3 Å². The Morgan fingerprint density at radius 3 is 2.59 bits per heavy atom. The highest BCUT2D eigenvalue weighted by Gasteiger charge is 2.19. The minimum Gasteiger partial charge on any atom is -0.497 e. The molecule has 1 aliphatic rings. The van der Waals surface area contributed by atoms with Gasteiger partial charge in [-0.3, -0.25) is 0 Å². The zero-order valence-electron chi connectivity index (χ0n) is 10.0. The van der Waals surface area contributed by atoms with Crippen molar-refractivity contribution in [1.29, 1.82) is 0 Å². The zero-order valence-corrected chi connectivity index (χ0v) is 10.0. The fraction of sp³-hybridized carbons (Fsp3) is 0.333. The minimum absolute atomic E-state index is 0.248. The van der Waals surface area contributed by atoms with Gasteiger partial charge in [-0.05, 0) is 17.7 Å². The minimum atomic E-state index is -0.248. The fourth-order valence-corrected chi connectivity index (χ4v) is 1.62. The molecule has 1 heterocycles. The van der Waals surface area contributed by atoms with Crippen LogP contribution in [0.5, 0.6) is 5.75 Å². The third-order valence-electron chi connectivity index (χ3n) is 2.54. The molecule has 0 radical (unpaired) electrons. The Morgan fingerprint density at radius 2 is 2.06 bits per heavy atom. The van der Waals surface area contributed by atoms with Crippen LogP contribution in [0, 0.1) is 0 Å². The van der Waals surface area contributed by atoms with Crippen molar-refractivity contribution < 1.29 is 9.47 Å². The molecule has 2 rings (SSSR count). The van der Waals surface area contributed by atoms with E-state index >= 15 is 0 Å². The van der Waals surface area contributed by atoms with Gasteiger partial charge in [0.2, 0.25) is 0 Å². The maximum Gasteiger partial charge on any atom is 0.166 e. The van der Waals surface area contributed by atoms with Crippen LogP contribution >= 0.6 is 0 Å². The SMILES string of the molecule is COc1ccc(CO[C@@H]2NN(C)C=C2N)cc1. The third kappa shape index (κ3) is 2.89. The molecule has 0 saturated heterocycles. The normalized spacial score (nSPS) is 19.3. The average molecular weight is 235 g/mol. The summed E-state index contributed by atoms with van der Waals surface area (Å²) < 4.78 is 10.7. The van der Waals surface area contributed by atoms with Crippen molar-refractivity contribution >= 4 is 0 Å². The van der Waals surface area contributed by atoms with Gasteiger partial charge >= 0.3 is 0 Å². The van der Waals surface area contributed by atoms with Crippen LogP contribution in [-0.4, -0.2) is 25.4 Å². The van der Waals surface area contributed by atoms with Gasteiger partial charge < -0.3 is 20.2 Å². The van der Waals surface area contributed by atoms with E-state index in [4.69, 9.17) is 15.2 Å². The van der Waals surface area contributed by atoms with Crippen LogP contribution in [0.4, 0.5) is 0 Å². The lowest BCUT2D eigenvalue weighted by molar-refractivity contribution is 0.0214. The summed E-state index contributed by atoms with van der Waals surface area (Å²) in [6, 6.07) is 7.76. The van der Waals surface area contributed by atoms with Crippen LogP contribution in [0.2, 0.25) is 0 Å². The summed E-state index contributed by atoms with van der Waals surface area (Å²) in [7, 11) is 3.53. The van der Waals surface area contributed by atoms with Crippen molar-refractivity contribution in [3.05, 3.63) is 41.7 Å². The number of rotatable bonds is 4. The van der Waals surface area contributed by atoms with Gasteiger partial charge in [0.05, 0.1) is 19.4 Å². The van der Waals surface area contributed by atoms with Gasteiger partial charge in [-0.15, -0.1) is 0 Å². The van der Waals surface area contributed by atoms with E-state index in [9.17, 15) is 0 Å². The number of benzene rings is 1. The fourth-order valence-electron chi connectivity index (χ4n) is 1.62. The second-order valence-corrected chi connectivity index (χ2v) is 3.91. The second-order valence-electron chi connectivity index (χ2n) is 3.91. The van der Waals surface area contributed by atoms with Crippen molar-refractivity contribution in [2.24, 2.45) is 5.73 Å². The van der Waals surface area contributed by atoms with Crippen molar-refractivity contribution in [2.45, 2.75) is 12.8 Å². The van der Waals surface area contributed by atoms with E-state index in [-0.39, 0.29) is 6.23 Å². The zero-order chi connectivity index (χ0) is 12.3. The van der Waals surface area contributed by atoms with E-state index in [0.717, 1.165) is 11.3 Å². The van der Waals surface area contributed by atoms with Crippen LogP contribution in [0.25, 0.3) is 0 Å². The summed E-state index contributed by atoms with van der Waals surface area (Å²) in [6.07, 6.45) is 1.56. The van der Waals surface area contributed by atoms with E-state index in [2.05, 4.69) is 5.43 Å². The molecule has 0 fully saturated rings. The van der Waals surface area contributed by atoms with Gasteiger partial charge in [0.15, 0.2) is 6.23 Å². The standard InChI is InChI=1S/C12H17N3O2/c1-15-7-11(13)12(14-15)17-8-9-3-5-10(16-2)6-4-9/h3-7,12,14H,8,13H2,1-2H3/t12-/m0/s1. The number of nitrogens with zero attached hydrogens (tertiary/aromatic N) is 1. The average Bonchev–Trinajstić information content (AvgIpc) is 2.66. The Balaban J connectivity index is 1.87. The van der Waals surface area contributed by atoms with Crippen LogP contribution in [-0.2, 0) is 11.3 Å². The van der Waals surface area contributed by atoms with Gasteiger partial charge in [0.1, 0.15) is 5.75 Å². The van der Waals surface area contributed by atoms with Gasteiger partial charge in [0, 0.05) is 13.2 Å². The van der Waals surface area contributed by atoms with Crippen LogP contribution in [0.15, 0.2) is 36.2 Å². The Bertz CT molecular complexity index is 403. The first kappa shape index (κ1) is 11.8. The highest BCUT2D eigenvalue weighted by atomic mass is 16.5. The maximum atomic E-state index is 5.79. The molecular weight excluding hydrogens is 218 g/mol. The molecule has 0 aromatic heterocycles. The Kier molecular flexibility index (Phi) is 3.51. The maximum absolute atomic E-state index is 5.79. The molecule has 3 N–H and O–H groups in total. The van der Waals surface area contributed by atoms with Crippen LogP contribution in [0.3, 0.4) is 0 Å². The predicted molar refractivity (Wildman–Crippen MR) is 64.7 cm³/mol. The molecule has 1 atom stereocenters. The predicted octanol–water partition coefficient (Wildman–Crippen LogP) is 0.788. The monoisotopic (exact) mass is 235 g/mol. The molecule has 1 aliphatic heterocycles.